The zero-order valence-electron chi connectivity index (χ0n) is 17.2. The molecule has 6 heteroatoms. The summed E-state index contributed by atoms with van der Waals surface area (Å²) >= 11 is 0. The SMILES string of the molecule is O=C(NCCCNC1Cc2ccccc2C1)c1ccc(C(=O)N2CCOCC2)cc1. The number of carbonyl (C=O) groups is 2. The van der Waals surface area contributed by atoms with E-state index in [2.05, 4.69) is 34.9 Å². The molecule has 1 saturated heterocycles. The Morgan fingerprint density at radius 3 is 2.20 bits per heavy atom. The predicted molar refractivity (Wildman–Crippen MR) is 116 cm³/mol. The molecule has 6 nitrogen and oxygen atoms in total. The first kappa shape index (κ1) is 20.6. The van der Waals surface area contributed by atoms with E-state index in [0.717, 1.165) is 25.8 Å². The minimum atomic E-state index is -0.103. The van der Waals surface area contributed by atoms with Gasteiger partial charge in [0.1, 0.15) is 0 Å². The van der Waals surface area contributed by atoms with E-state index in [9.17, 15) is 9.59 Å². The van der Waals surface area contributed by atoms with Gasteiger partial charge in [-0.05, 0) is 61.2 Å². The summed E-state index contributed by atoms with van der Waals surface area (Å²) in [7, 11) is 0. The van der Waals surface area contributed by atoms with E-state index in [-0.39, 0.29) is 11.8 Å². The number of nitrogens with one attached hydrogen (secondary N) is 2. The van der Waals surface area contributed by atoms with Gasteiger partial charge in [0.2, 0.25) is 0 Å². The summed E-state index contributed by atoms with van der Waals surface area (Å²) in [6.45, 7) is 3.89. The molecule has 2 N–H and O–H groups in total. The quantitative estimate of drug-likeness (QED) is 0.689. The standard InChI is InChI=1S/C24H29N3O3/c28-23(18-6-8-19(9-7-18)24(29)27-12-14-30-15-13-27)26-11-3-10-25-22-16-20-4-1-2-5-21(20)17-22/h1-2,4-9,22,25H,3,10-17H2,(H,26,28). The highest BCUT2D eigenvalue weighted by Crippen LogP contribution is 2.21. The van der Waals surface area contributed by atoms with Gasteiger partial charge >= 0.3 is 0 Å². The Hall–Kier alpha value is -2.70. The van der Waals surface area contributed by atoms with Gasteiger partial charge < -0.3 is 20.3 Å². The molecule has 2 amide bonds. The van der Waals surface area contributed by atoms with E-state index in [1.165, 1.54) is 11.1 Å². The van der Waals surface area contributed by atoms with Crippen LogP contribution in [0.25, 0.3) is 0 Å². The fourth-order valence-electron chi connectivity index (χ4n) is 4.11. The molecular weight excluding hydrogens is 378 g/mol. The first-order chi connectivity index (χ1) is 14.7. The average molecular weight is 408 g/mol. The Morgan fingerprint density at radius 2 is 1.53 bits per heavy atom. The Morgan fingerprint density at radius 1 is 0.900 bits per heavy atom. The van der Waals surface area contributed by atoms with Crippen LogP contribution in [-0.4, -0.2) is 62.1 Å². The number of amides is 2. The van der Waals surface area contributed by atoms with E-state index in [0.29, 0.717) is 50.0 Å². The molecule has 0 spiro atoms. The summed E-state index contributed by atoms with van der Waals surface area (Å²) in [5.41, 5.74) is 4.07. The lowest BCUT2D eigenvalue weighted by Crippen LogP contribution is -2.40. The Bertz CT molecular complexity index is 851. The molecule has 1 fully saturated rings. The van der Waals surface area contributed by atoms with Gasteiger partial charge in [-0.1, -0.05) is 24.3 Å². The van der Waals surface area contributed by atoms with Crippen LogP contribution in [-0.2, 0) is 17.6 Å². The number of carbonyl (C=O) groups excluding carboxylic acids is 2. The van der Waals surface area contributed by atoms with E-state index < -0.39 is 0 Å². The summed E-state index contributed by atoms with van der Waals surface area (Å²) in [6, 6.07) is 16.0. The first-order valence-corrected chi connectivity index (χ1v) is 10.8. The van der Waals surface area contributed by atoms with Crippen molar-refractivity contribution in [2.45, 2.75) is 25.3 Å². The lowest BCUT2D eigenvalue weighted by atomic mass is 10.1. The van der Waals surface area contributed by atoms with Gasteiger partial charge in [-0.15, -0.1) is 0 Å². The lowest BCUT2D eigenvalue weighted by Gasteiger charge is -2.26. The van der Waals surface area contributed by atoms with Crippen molar-refractivity contribution >= 4 is 11.8 Å². The number of ether oxygens (including phenoxy) is 1. The lowest BCUT2D eigenvalue weighted by molar-refractivity contribution is 0.0303. The van der Waals surface area contributed by atoms with Crippen LogP contribution in [0.3, 0.4) is 0 Å². The van der Waals surface area contributed by atoms with Gasteiger partial charge in [0.05, 0.1) is 13.2 Å². The van der Waals surface area contributed by atoms with Gasteiger partial charge in [0.15, 0.2) is 0 Å². The molecule has 30 heavy (non-hydrogen) atoms. The normalized spacial score (nSPS) is 16.3. The van der Waals surface area contributed by atoms with E-state index in [4.69, 9.17) is 4.74 Å². The molecule has 0 bridgehead atoms. The number of hydrogen-bond donors (Lipinski definition) is 2. The topological polar surface area (TPSA) is 70.7 Å². The summed E-state index contributed by atoms with van der Waals surface area (Å²) in [5.74, 6) is -0.112. The second-order valence-corrected chi connectivity index (χ2v) is 7.92. The second-order valence-electron chi connectivity index (χ2n) is 7.92. The molecule has 2 aromatic rings. The minimum Gasteiger partial charge on any atom is -0.378 e. The van der Waals surface area contributed by atoms with Crippen molar-refractivity contribution in [1.29, 1.82) is 0 Å². The number of rotatable bonds is 7. The van der Waals surface area contributed by atoms with Crippen LogP contribution in [0.15, 0.2) is 48.5 Å². The maximum absolute atomic E-state index is 12.5. The predicted octanol–water partition coefficient (Wildman–Crippen LogP) is 2.04. The van der Waals surface area contributed by atoms with Gasteiger partial charge in [-0.2, -0.15) is 0 Å². The van der Waals surface area contributed by atoms with Crippen molar-refractivity contribution in [3.63, 3.8) is 0 Å². The molecule has 158 valence electrons. The molecule has 4 rings (SSSR count). The zero-order valence-corrected chi connectivity index (χ0v) is 17.2. The number of benzene rings is 2. The van der Waals surface area contributed by atoms with Crippen LogP contribution in [0.5, 0.6) is 0 Å². The van der Waals surface area contributed by atoms with Crippen molar-refractivity contribution in [2.24, 2.45) is 0 Å². The molecule has 1 aliphatic carbocycles. The van der Waals surface area contributed by atoms with Crippen LogP contribution < -0.4 is 10.6 Å². The zero-order chi connectivity index (χ0) is 20.8. The van der Waals surface area contributed by atoms with E-state index in [1.54, 1.807) is 29.2 Å². The van der Waals surface area contributed by atoms with Crippen molar-refractivity contribution in [3.05, 3.63) is 70.8 Å². The average Bonchev–Trinajstić information content (AvgIpc) is 3.22. The molecule has 0 atom stereocenters. The number of morpholine rings is 1. The van der Waals surface area contributed by atoms with Crippen molar-refractivity contribution < 1.29 is 14.3 Å². The largest absolute Gasteiger partial charge is 0.378 e. The van der Waals surface area contributed by atoms with Crippen LogP contribution in [0, 0.1) is 0 Å². The molecule has 2 aliphatic rings. The highest BCUT2D eigenvalue weighted by Gasteiger charge is 2.20. The van der Waals surface area contributed by atoms with E-state index in [1.807, 2.05) is 0 Å². The summed E-state index contributed by atoms with van der Waals surface area (Å²) in [4.78, 5) is 26.6. The Labute approximate surface area is 177 Å². The van der Waals surface area contributed by atoms with Crippen molar-refractivity contribution in [1.82, 2.24) is 15.5 Å². The third-order valence-electron chi connectivity index (χ3n) is 5.82. The molecule has 0 unspecified atom stereocenters. The molecule has 2 aromatic carbocycles. The molecular formula is C24H29N3O3. The van der Waals surface area contributed by atoms with Crippen molar-refractivity contribution in [3.8, 4) is 0 Å². The van der Waals surface area contributed by atoms with Gasteiger partial charge in [-0.25, -0.2) is 0 Å². The fraction of sp³-hybridized carbons (Fsp3) is 0.417. The summed E-state index contributed by atoms with van der Waals surface area (Å²) in [6.07, 6.45) is 3.04. The molecule has 0 radical (unpaired) electrons. The molecule has 0 saturated carbocycles. The maximum Gasteiger partial charge on any atom is 0.254 e. The fourth-order valence-corrected chi connectivity index (χ4v) is 4.11. The Kier molecular flexibility index (Phi) is 6.77. The summed E-state index contributed by atoms with van der Waals surface area (Å²) < 4.78 is 5.28. The van der Waals surface area contributed by atoms with Crippen LogP contribution in [0.2, 0.25) is 0 Å². The monoisotopic (exact) mass is 407 g/mol. The summed E-state index contributed by atoms with van der Waals surface area (Å²) in [5, 5.41) is 6.55. The highest BCUT2D eigenvalue weighted by molar-refractivity contribution is 5.97. The Balaban J connectivity index is 1.16. The second kappa shape index (κ2) is 9.87. The maximum atomic E-state index is 12.5. The number of nitrogens with zero attached hydrogens (tertiary/aromatic N) is 1. The molecule has 1 heterocycles. The van der Waals surface area contributed by atoms with Gasteiger partial charge in [-0.3, -0.25) is 9.59 Å². The number of fused-ring (bicyclic) bond motifs is 1. The van der Waals surface area contributed by atoms with Crippen LogP contribution in [0.1, 0.15) is 38.3 Å². The highest BCUT2D eigenvalue weighted by atomic mass is 16.5. The minimum absolute atomic E-state index is 0.00889. The molecule has 1 aliphatic heterocycles. The third-order valence-corrected chi connectivity index (χ3v) is 5.82. The third kappa shape index (κ3) is 5.07. The smallest absolute Gasteiger partial charge is 0.254 e. The van der Waals surface area contributed by atoms with Gasteiger partial charge in [0, 0.05) is 36.8 Å². The van der Waals surface area contributed by atoms with Gasteiger partial charge in [0.25, 0.3) is 11.8 Å². The van der Waals surface area contributed by atoms with E-state index >= 15 is 0 Å². The first-order valence-electron chi connectivity index (χ1n) is 10.8. The van der Waals surface area contributed by atoms with Crippen LogP contribution >= 0.6 is 0 Å². The molecule has 0 aromatic heterocycles. The van der Waals surface area contributed by atoms with Crippen LogP contribution in [0.4, 0.5) is 0 Å². The number of hydrogen-bond acceptors (Lipinski definition) is 4. The van der Waals surface area contributed by atoms with Crippen molar-refractivity contribution in [2.75, 3.05) is 39.4 Å².